The first-order valence-electron chi connectivity index (χ1n) is 9.24. The van der Waals surface area contributed by atoms with E-state index in [2.05, 4.69) is 21.9 Å². The van der Waals surface area contributed by atoms with Crippen LogP contribution < -0.4 is 19.1 Å². The van der Waals surface area contributed by atoms with Crippen molar-refractivity contribution in [2.75, 3.05) is 58.5 Å². The van der Waals surface area contributed by atoms with Gasteiger partial charge in [0.1, 0.15) is 30.0 Å². The minimum absolute atomic E-state index is 0. The third-order valence-electron chi connectivity index (χ3n) is 4.76. The van der Waals surface area contributed by atoms with Gasteiger partial charge in [-0.3, -0.25) is 4.90 Å². The predicted octanol–water partition coefficient (Wildman–Crippen LogP) is 3.11. The molecule has 1 heterocycles. The van der Waals surface area contributed by atoms with Crippen molar-refractivity contribution in [1.82, 2.24) is 4.90 Å². The minimum atomic E-state index is -0.524. The molecule has 0 saturated carbocycles. The summed E-state index contributed by atoms with van der Waals surface area (Å²) in [6.07, 6.45) is -0.524. The van der Waals surface area contributed by atoms with Crippen LogP contribution in [0.4, 0.5) is 5.69 Å². The van der Waals surface area contributed by atoms with Crippen molar-refractivity contribution < 1.29 is 19.3 Å². The molecule has 8 heteroatoms. The lowest BCUT2D eigenvalue weighted by molar-refractivity contribution is 0.0662. The molecule has 1 saturated heterocycles. The van der Waals surface area contributed by atoms with Crippen LogP contribution in [-0.4, -0.2) is 69.7 Å². The number of hydrogen-bond donors (Lipinski definition) is 1. The third kappa shape index (κ3) is 7.48. The molecular weight excluding hydrogens is 415 g/mol. The van der Waals surface area contributed by atoms with Crippen molar-refractivity contribution in [3.63, 3.8) is 0 Å². The predicted molar refractivity (Wildman–Crippen MR) is 121 cm³/mol. The van der Waals surface area contributed by atoms with Crippen molar-refractivity contribution in [2.45, 2.75) is 6.10 Å². The van der Waals surface area contributed by atoms with Crippen LogP contribution in [0.15, 0.2) is 48.5 Å². The maximum atomic E-state index is 10.3. The number of benzene rings is 2. The number of ether oxygens (including phenoxy) is 3. The van der Waals surface area contributed by atoms with E-state index in [-0.39, 0.29) is 31.4 Å². The van der Waals surface area contributed by atoms with E-state index in [0.29, 0.717) is 12.3 Å². The minimum Gasteiger partial charge on any atom is -0.497 e. The van der Waals surface area contributed by atoms with Crippen LogP contribution in [-0.2, 0) is 0 Å². The molecule has 2 aromatic rings. The van der Waals surface area contributed by atoms with Crippen molar-refractivity contribution >= 4 is 30.5 Å². The fraction of sp³-hybridized carbons (Fsp3) is 0.429. The van der Waals surface area contributed by atoms with Crippen molar-refractivity contribution in [3.05, 3.63) is 48.5 Å². The summed E-state index contributed by atoms with van der Waals surface area (Å²) in [5, 5.41) is 10.3. The van der Waals surface area contributed by atoms with Gasteiger partial charge in [-0.1, -0.05) is 6.07 Å². The number of anilines is 1. The van der Waals surface area contributed by atoms with Gasteiger partial charge in [0.25, 0.3) is 0 Å². The maximum Gasteiger partial charge on any atom is 0.123 e. The Hall–Kier alpha value is -1.86. The standard InChI is InChI=1S/C21H28N2O4.2ClH/c1-25-19-8-6-17(7-9-19)23-12-10-22(11-13-23)15-18(24)16-27-21-5-3-4-20(14-21)26-2;;/h3-9,14,18,24H,10-13,15-16H2,1-2H3;2*1H. The van der Waals surface area contributed by atoms with Gasteiger partial charge < -0.3 is 24.2 Å². The molecule has 162 valence electrons. The summed E-state index contributed by atoms with van der Waals surface area (Å²) in [6.45, 7) is 4.60. The second-order valence-corrected chi connectivity index (χ2v) is 6.63. The maximum absolute atomic E-state index is 10.3. The first-order chi connectivity index (χ1) is 13.2. The topological polar surface area (TPSA) is 54.4 Å². The Labute approximate surface area is 185 Å². The van der Waals surface area contributed by atoms with E-state index in [1.807, 2.05) is 36.4 Å². The van der Waals surface area contributed by atoms with Gasteiger partial charge in [-0.25, -0.2) is 0 Å². The lowest BCUT2D eigenvalue weighted by Gasteiger charge is -2.36. The highest BCUT2D eigenvalue weighted by molar-refractivity contribution is 5.85. The largest absolute Gasteiger partial charge is 0.497 e. The van der Waals surface area contributed by atoms with E-state index < -0.39 is 6.10 Å². The van der Waals surface area contributed by atoms with Crippen LogP contribution in [0.3, 0.4) is 0 Å². The normalized spacial score (nSPS) is 14.9. The van der Waals surface area contributed by atoms with Gasteiger partial charge in [0.2, 0.25) is 0 Å². The third-order valence-corrected chi connectivity index (χ3v) is 4.76. The number of hydrogen-bond acceptors (Lipinski definition) is 6. The zero-order valence-electron chi connectivity index (χ0n) is 16.8. The van der Waals surface area contributed by atoms with E-state index in [1.54, 1.807) is 14.2 Å². The highest BCUT2D eigenvalue weighted by atomic mass is 35.5. The molecule has 2 aromatic carbocycles. The second kappa shape index (κ2) is 12.6. The Morgan fingerprint density at radius 2 is 1.48 bits per heavy atom. The highest BCUT2D eigenvalue weighted by Gasteiger charge is 2.20. The van der Waals surface area contributed by atoms with Crippen LogP contribution in [0.2, 0.25) is 0 Å². The molecule has 3 rings (SSSR count). The van der Waals surface area contributed by atoms with Crippen LogP contribution in [0.5, 0.6) is 17.2 Å². The quantitative estimate of drug-likeness (QED) is 0.674. The molecular formula is C21H30Cl2N2O4. The Balaban J connectivity index is 0.00000210. The summed E-state index contributed by atoms with van der Waals surface area (Å²) in [4.78, 5) is 4.63. The van der Waals surface area contributed by atoms with E-state index in [9.17, 15) is 5.11 Å². The van der Waals surface area contributed by atoms with Crippen LogP contribution in [0, 0.1) is 0 Å². The molecule has 1 fully saturated rings. The molecule has 1 aliphatic rings. The molecule has 0 radical (unpaired) electrons. The molecule has 0 aromatic heterocycles. The molecule has 29 heavy (non-hydrogen) atoms. The molecule has 1 aliphatic heterocycles. The summed E-state index contributed by atoms with van der Waals surface area (Å²) in [6, 6.07) is 15.6. The first kappa shape index (κ1) is 25.2. The van der Waals surface area contributed by atoms with Gasteiger partial charge in [0.15, 0.2) is 0 Å². The smallest absolute Gasteiger partial charge is 0.123 e. The second-order valence-electron chi connectivity index (χ2n) is 6.63. The fourth-order valence-corrected chi connectivity index (χ4v) is 3.22. The lowest BCUT2D eigenvalue weighted by atomic mass is 10.2. The fourth-order valence-electron chi connectivity index (χ4n) is 3.22. The van der Waals surface area contributed by atoms with Gasteiger partial charge in [-0.15, -0.1) is 24.8 Å². The molecule has 0 spiro atoms. The SMILES string of the molecule is COc1ccc(N2CCN(CC(O)COc3cccc(OC)c3)CC2)cc1.Cl.Cl. The van der Waals surface area contributed by atoms with E-state index in [4.69, 9.17) is 14.2 Å². The van der Waals surface area contributed by atoms with Gasteiger partial charge in [0, 0.05) is 44.5 Å². The van der Waals surface area contributed by atoms with Crippen LogP contribution in [0.1, 0.15) is 0 Å². The van der Waals surface area contributed by atoms with Gasteiger partial charge in [0.05, 0.1) is 14.2 Å². The van der Waals surface area contributed by atoms with E-state index in [1.165, 1.54) is 5.69 Å². The zero-order chi connectivity index (χ0) is 19.1. The summed E-state index contributed by atoms with van der Waals surface area (Å²) in [5.41, 5.74) is 1.21. The van der Waals surface area contributed by atoms with Gasteiger partial charge >= 0.3 is 0 Å². The number of aliphatic hydroxyl groups is 1. The number of halogens is 2. The lowest BCUT2D eigenvalue weighted by Crippen LogP contribution is -2.49. The Kier molecular flexibility index (Phi) is 11.0. The number of aliphatic hydroxyl groups excluding tert-OH is 1. The Morgan fingerprint density at radius 3 is 2.10 bits per heavy atom. The molecule has 0 bridgehead atoms. The molecule has 0 aliphatic carbocycles. The highest BCUT2D eigenvalue weighted by Crippen LogP contribution is 2.21. The molecule has 0 amide bonds. The number of piperazine rings is 1. The Morgan fingerprint density at radius 1 is 0.862 bits per heavy atom. The molecule has 1 atom stereocenters. The number of methoxy groups -OCH3 is 2. The van der Waals surface area contributed by atoms with Gasteiger partial charge in [-0.2, -0.15) is 0 Å². The summed E-state index contributed by atoms with van der Waals surface area (Å²) < 4.78 is 16.1. The first-order valence-corrected chi connectivity index (χ1v) is 9.24. The van der Waals surface area contributed by atoms with E-state index in [0.717, 1.165) is 37.7 Å². The van der Waals surface area contributed by atoms with Crippen molar-refractivity contribution in [2.24, 2.45) is 0 Å². The number of rotatable bonds is 8. The molecule has 1 unspecified atom stereocenters. The summed E-state index contributed by atoms with van der Waals surface area (Å²) in [5.74, 6) is 2.32. The Bertz CT molecular complexity index is 710. The number of β-amino-alcohol motifs (C(OH)–C–C–N with tert-alkyl or cyclic N) is 1. The molecule has 6 nitrogen and oxygen atoms in total. The molecule has 1 N–H and O–H groups in total. The average molecular weight is 445 g/mol. The van der Waals surface area contributed by atoms with Crippen molar-refractivity contribution in [1.29, 1.82) is 0 Å². The summed E-state index contributed by atoms with van der Waals surface area (Å²) in [7, 11) is 3.30. The van der Waals surface area contributed by atoms with Crippen molar-refractivity contribution in [3.8, 4) is 17.2 Å². The summed E-state index contributed by atoms with van der Waals surface area (Å²) >= 11 is 0. The van der Waals surface area contributed by atoms with E-state index >= 15 is 0 Å². The van der Waals surface area contributed by atoms with Crippen LogP contribution in [0.25, 0.3) is 0 Å². The number of nitrogens with zero attached hydrogens (tertiary/aromatic N) is 2. The monoisotopic (exact) mass is 444 g/mol. The van der Waals surface area contributed by atoms with Crippen LogP contribution >= 0.6 is 24.8 Å². The zero-order valence-corrected chi connectivity index (χ0v) is 18.5. The van der Waals surface area contributed by atoms with Gasteiger partial charge in [-0.05, 0) is 36.4 Å². The average Bonchev–Trinajstić information content (AvgIpc) is 2.73.